The summed E-state index contributed by atoms with van der Waals surface area (Å²) in [4.78, 5) is 35.5. The minimum Gasteiger partial charge on any atom is -0.462 e. The number of phosphoric acid groups is 1. The molecule has 0 rings (SSSR count). The molecule has 0 aliphatic carbocycles. The van der Waals surface area contributed by atoms with E-state index in [1.54, 1.807) is 0 Å². The fraction of sp³-hybridized carbons (Fsp3) is 0.811. The molecule has 0 aliphatic rings. The van der Waals surface area contributed by atoms with Crippen LogP contribution in [0.3, 0.4) is 0 Å². The first-order valence-corrected chi connectivity index (χ1v) is 27.4. The standard InChI is InChI=1S/C53H98NO8P/c1-6-8-10-12-14-16-18-20-22-24-25-26-27-28-30-32-34-36-38-40-42-44-46-53(56)62-51(50-61-63(57,58)60-48-47-54(3,4)5)49-59-52(55)45-43-41-39-37-35-33-31-29-23-21-19-17-15-13-11-9-7-2/h15,17,21,23,31,33,37,39,51H,6-14,16,18-20,22,24-30,32,34-36,38,40-50H2,1-5H3/p+1/b17-15+,23-21+,33-31+,39-37+/t51-/m1/s1. The maximum Gasteiger partial charge on any atom is 0.472 e. The lowest BCUT2D eigenvalue weighted by molar-refractivity contribution is -0.870. The van der Waals surface area contributed by atoms with E-state index in [9.17, 15) is 19.0 Å². The zero-order chi connectivity index (χ0) is 46.4. The maximum absolute atomic E-state index is 12.8. The van der Waals surface area contributed by atoms with Crippen molar-refractivity contribution in [1.82, 2.24) is 0 Å². The first-order chi connectivity index (χ1) is 30.5. The van der Waals surface area contributed by atoms with E-state index in [2.05, 4.69) is 62.5 Å². The molecule has 0 aromatic heterocycles. The van der Waals surface area contributed by atoms with Crippen LogP contribution in [0.2, 0.25) is 0 Å². The van der Waals surface area contributed by atoms with Crippen molar-refractivity contribution in [1.29, 1.82) is 0 Å². The number of unbranched alkanes of at least 4 members (excludes halogenated alkanes) is 25. The minimum atomic E-state index is -4.39. The van der Waals surface area contributed by atoms with E-state index in [4.69, 9.17) is 18.5 Å². The molecular weight excluding hydrogens is 810 g/mol. The van der Waals surface area contributed by atoms with Gasteiger partial charge in [-0.15, -0.1) is 0 Å². The van der Waals surface area contributed by atoms with Gasteiger partial charge in [0.05, 0.1) is 27.7 Å². The molecule has 368 valence electrons. The van der Waals surface area contributed by atoms with Gasteiger partial charge in [-0.1, -0.05) is 210 Å². The molecule has 0 aromatic carbocycles. The molecule has 0 saturated heterocycles. The average Bonchev–Trinajstić information content (AvgIpc) is 3.24. The Morgan fingerprint density at radius 3 is 1.32 bits per heavy atom. The Morgan fingerprint density at radius 2 is 0.873 bits per heavy atom. The number of allylic oxidation sites excluding steroid dienone is 8. The number of quaternary nitrogens is 1. The number of likely N-dealkylation sites (N-methyl/N-ethyl adjacent to an activating group) is 1. The predicted molar refractivity (Wildman–Crippen MR) is 266 cm³/mol. The van der Waals surface area contributed by atoms with Gasteiger partial charge in [0.15, 0.2) is 6.10 Å². The lowest BCUT2D eigenvalue weighted by Gasteiger charge is -2.24. The average molecular weight is 909 g/mol. The molecule has 0 aromatic rings. The number of hydrogen-bond donors (Lipinski definition) is 1. The predicted octanol–water partition coefficient (Wildman–Crippen LogP) is 15.4. The number of carbonyl (C=O) groups excluding carboxylic acids is 2. The van der Waals surface area contributed by atoms with Gasteiger partial charge >= 0.3 is 19.8 Å². The van der Waals surface area contributed by atoms with Crippen LogP contribution in [0.1, 0.15) is 226 Å². The van der Waals surface area contributed by atoms with Crippen molar-refractivity contribution in [3.8, 4) is 0 Å². The summed E-state index contributed by atoms with van der Waals surface area (Å²) in [5, 5.41) is 0. The van der Waals surface area contributed by atoms with Crippen molar-refractivity contribution in [3.63, 3.8) is 0 Å². The van der Waals surface area contributed by atoms with Crippen LogP contribution in [-0.4, -0.2) is 74.9 Å². The molecule has 9 nitrogen and oxygen atoms in total. The normalized spacial score (nSPS) is 13.8. The highest BCUT2D eigenvalue weighted by Crippen LogP contribution is 2.43. The van der Waals surface area contributed by atoms with Crippen molar-refractivity contribution < 1.29 is 42.1 Å². The number of nitrogens with zero attached hydrogens (tertiary/aromatic N) is 1. The van der Waals surface area contributed by atoms with Gasteiger partial charge in [-0.05, 0) is 51.4 Å². The quantitative estimate of drug-likeness (QED) is 0.0211. The van der Waals surface area contributed by atoms with Gasteiger partial charge in [-0.3, -0.25) is 18.6 Å². The fourth-order valence-electron chi connectivity index (χ4n) is 7.07. The van der Waals surface area contributed by atoms with E-state index in [0.29, 0.717) is 23.9 Å². The Kier molecular flexibility index (Phi) is 43.7. The highest BCUT2D eigenvalue weighted by atomic mass is 31.2. The van der Waals surface area contributed by atoms with Crippen LogP contribution in [0, 0.1) is 0 Å². The first-order valence-electron chi connectivity index (χ1n) is 25.9. The molecule has 10 heteroatoms. The van der Waals surface area contributed by atoms with Crippen molar-refractivity contribution in [2.45, 2.75) is 232 Å². The van der Waals surface area contributed by atoms with Crippen LogP contribution in [0.4, 0.5) is 0 Å². The molecule has 0 amide bonds. The SMILES string of the molecule is CCCCC/C=C/C/C=C/C/C=C/C/C=C/CCCC(=O)OC[C@H](COP(=O)(O)OCC[N+](C)(C)C)OC(=O)CCCCCCCCCCCCCCCCCCCCCCCC. The summed E-state index contributed by atoms with van der Waals surface area (Å²) < 4.78 is 34.4. The third-order valence-corrected chi connectivity index (χ3v) is 12.1. The van der Waals surface area contributed by atoms with Crippen LogP contribution < -0.4 is 0 Å². The Morgan fingerprint density at radius 1 is 0.492 bits per heavy atom. The second-order valence-corrected chi connectivity index (χ2v) is 20.0. The van der Waals surface area contributed by atoms with Crippen molar-refractivity contribution in [3.05, 3.63) is 48.6 Å². The molecule has 0 heterocycles. The summed E-state index contributed by atoms with van der Waals surface area (Å²) in [7, 11) is 1.45. The lowest BCUT2D eigenvalue weighted by atomic mass is 10.0. The third kappa shape index (κ3) is 49.2. The van der Waals surface area contributed by atoms with Crippen LogP contribution in [-0.2, 0) is 32.7 Å². The monoisotopic (exact) mass is 909 g/mol. The van der Waals surface area contributed by atoms with Gasteiger partial charge in [0, 0.05) is 12.8 Å². The molecule has 0 fully saturated rings. The summed E-state index contributed by atoms with van der Waals surface area (Å²) in [5.41, 5.74) is 0. The second kappa shape index (κ2) is 45.1. The van der Waals surface area contributed by atoms with Crippen LogP contribution >= 0.6 is 7.82 Å². The van der Waals surface area contributed by atoms with Gasteiger partial charge in [0.1, 0.15) is 19.8 Å². The molecule has 0 radical (unpaired) electrons. The van der Waals surface area contributed by atoms with Crippen LogP contribution in [0.15, 0.2) is 48.6 Å². The molecule has 0 bridgehead atoms. The van der Waals surface area contributed by atoms with Gasteiger partial charge in [0.2, 0.25) is 0 Å². The number of carbonyl (C=O) groups is 2. The van der Waals surface area contributed by atoms with Crippen LogP contribution in [0.25, 0.3) is 0 Å². The topological polar surface area (TPSA) is 108 Å². The van der Waals surface area contributed by atoms with Crippen molar-refractivity contribution in [2.24, 2.45) is 0 Å². The minimum absolute atomic E-state index is 0.0235. The van der Waals surface area contributed by atoms with E-state index in [0.717, 1.165) is 38.5 Å². The molecule has 0 spiro atoms. The zero-order valence-electron chi connectivity index (χ0n) is 41.6. The molecule has 0 saturated carbocycles. The summed E-state index contributed by atoms with van der Waals surface area (Å²) in [6.45, 7) is 4.36. The van der Waals surface area contributed by atoms with E-state index >= 15 is 0 Å². The second-order valence-electron chi connectivity index (χ2n) is 18.6. The Balaban J connectivity index is 4.29. The van der Waals surface area contributed by atoms with Crippen molar-refractivity contribution >= 4 is 19.8 Å². The van der Waals surface area contributed by atoms with Gasteiger partial charge in [-0.25, -0.2) is 4.57 Å². The highest BCUT2D eigenvalue weighted by Gasteiger charge is 2.27. The third-order valence-electron chi connectivity index (χ3n) is 11.1. The van der Waals surface area contributed by atoms with E-state index in [1.165, 1.54) is 148 Å². The molecular formula is C53H99NO8P+. The Bertz CT molecular complexity index is 1210. The summed E-state index contributed by atoms with van der Waals surface area (Å²) in [6.07, 6.45) is 54.6. The van der Waals surface area contributed by atoms with E-state index in [1.807, 2.05) is 21.1 Å². The largest absolute Gasteiger partial charge is 0.472 e. The summed E-state index contributed by atoms with van der Waals surface area (Å²) in [6, 6.07) is 0. The van der Waals surface area contributed by atoms with Crippen molar-refractivity contribution in [2.75, 3.05) is 47.5 Å². The number of phosphoric ester groups is 1. The van der Waals surface area contributed by atoms with Gasteiger partial charge in [-0.2, -0.15) is 0 Å². The molecule has 0 aliphatic heterocycles. The number of esters is 2. The number of rotatable bonds is 47. The molecule has 63 heavy (non-hydrogen) atoms. The van der Waals surface area contributed by atoms with Crippen LogP contribution in [0.5, 0.6) is 0 Å². The van der Waals surface area contributed by atoms with Gasteiger partial charge < -0.3 is 18.9 Å². The zero-order valence-corrected chi connectivity index (χ0v) is 42.5. The Labute approximate surface area is 388 Å². The lowest BCUT2D eigenvalue weighted by Crippen LogP contribution is -2.37. The Hall–Kier alpha value is -2.03. The number of ether oxygens (including phenoxy) is 2. The first kappa shape index (κ1) is 61.0. The highest BCUT2D eigenvalue weighted by molar-refractivity contribution is 7.47. The van der Waals surface area contributed by atoms with E-state index < -0.39 is 32.5 Å². The summed E-state index contributed by atoms with van der Waals surface area (Å²) >= 11 is 0. The smallest absolute Gasteiger partial charge is 0.462 e. The molecule has 1 N–H and O–H groups in total. The summed E-state index contributed by atoms with van der Waals surface area (Å²) in [5.74, 6) is -0.857. The fourth-order valence-corrected chi connectivity index (χ4v) is 7.81. The molecule has 2 atom stereocenters. The van der Waals surface area contributed by atoms with E-state index in [-0.39, 0.29) is 26.1 Å². The molecule has 1 unspecified atom stereocenters. The maximum atomic E-state index is 12.8. The number of hydrogen-bond acceptors (Lipinski definition) is 7. The van der Waals surface area contributed by atoms with Gasteiger partial charge in [0.25, 0.3) is 0 Å².